The molecular weight excluding hydrogens is 156 g/mol. The van der Waals surface area contributed by atoms with Gasteiger partial charge in [0.05, 0.1) is 5.69 Å². The van der Waals surface area contributed by atoms with Crippen molar-refractivity contribution in [2.75, 3.05) is 0 Å². The number of hydrogen-bond donors (Lipinski definition) is 1. The SMILES string of the molecule is Cc1cc([C@@H](N)C(C)C)sn1. The summed E-state index contributed by atoms with van der Waals surface area (Å²) in [6.07, 6.45) is 0. The Bertz CT molecular complexity index is 230. The molecular formula is C8H14N2S. The summed E-state index contributed by atoms with van der Waals surface area (Å²) in [6, 6.07) is 2.22. The first-order chi connectivity index (χ1) is 5.11. The molecule has 0 aliphatic carbocycles. The molecule has 0 unspecified atom stereocenters. The van der Waals surface area contributed by atoms with Gasteiger partial charge in [-0.3, -0.25) is 0 Å². The van der Waals surface area contributed by atoms with Crippen molar-refractivity contribution >= 4 is 11.5 Å². The van der Waals surface area contributed by atoms with Crippen LogP contribution in [0.2, 0.25) is 0 Å². The van der Waals surface area contributed by atoms with Gasteiger partial charge in [-0.15, -0.1) is 0 Å². The van der Waals surface area contributed by atoms with Gasteiger partial charge < -0.3 is 5.73 Å². The maximum atomic E-state index is 5.92. The van der Waals surface area contributed by atoms with Crippen molar-refractivity contribution in [2.24, 2.45) is 11.7 Å². The Morgan fingerprint density at radius 1 is 1.55 bits per heavy atom. The minimum Gasteiger partial charge on any atom is -0.323 e. The topological polar surface area (TPSA) is 38.9 Å². The van der Waals surface area contributed by atoms with Gasteiger partial charge in [0.1, 0.15) is 0 Å². The van der Waals surface area contributed by atoms with Crippen LogP contribution in [0.1, 0.15) is 30.5 Å². The second-order valence-electron chi connectivity index (χ2n) is 3.14. The van der Waals surface area contributed by atoms with Crippen molar-refractivity contribution < 1.29 is 0 Å². The maximum absolute atomic E-state index is 5.92. The molecule has 1 rings (SSSR count). The minimum atomic E-state index is 0.154. The predicted molar refractivity (Wildman–Crippen MR) is 48.6 cm³/mol. The summed E-state index contributed by atoms with van der Waals surface area (Å²) in [4.78, 5) is 1.19. The van der Waals surface area contributed by atoms with E-state index >= 15 is 0 Å². The van der Waals surface area contributed by atoms with Crippen LogP contribution in [0.5, 0.6) is 0 Å². The summed E-state index contributed by atoms with van der Waals surface area (Å²) < 4.78 is 4.18. The van der Waals surface area contributed by atoms with Gasteiger partial charge in [-0.05, 0) is 30.4 Å². The van der Waals surface area contributed by atoms with Gasteiger partial charge in [-0.2, -0.15) is 4.37 Å². The fourth-order valence-electron chi connectivity index (χ4n) is 0.869. The van der Waals surface area contributed by atoms with Crippen LogP contribution < -0.4 is 5.73 Å². The lowest BCUT2D eigenvalue weighted by Crippen LogP contribution is -2.14. The van der Waals surface area contributed by atoms with Crippen LogP contribution in [-0.4, -0.2) is 4.37 Å². The average Bonchev–Trinajstić information content (AvgIpc) is 2.34. The molecule has 0 radical (unpaired) electrons. The molecule has 0 saturated heterocycles. The Balaban J connectivity index is 2.76. The van der Waals surface area contributed by atoms with Gasteiger partial charge in [-0.25, -0.2) is 0 Å². The number of rotatable bonds is 2. The van der Waals surface area contributed by atoms with Gasteiger partial charge in [0.15, 0.2) is 0 Å². The third-order valence-corrected chi connectivity index (χ3v) is 2.67. The van der Waals surface area contributed by atoms with Gasteiger partial charge in [0.2, 0.25) is 0 Å². The first-order valence-electron chi connectivity index (χ1n) is 3.80. The molecule has 11 heavy (non-hydrogen) atoms. The fraction of sp³-hybridized carbons (Fsp3) is 0.625. The van der Waals surface area contributed by atoms with E-state index in [9.17, 15) is 0 Å². The second-order valence-corrected chi connectivity index (χ2v) is 3.98. The lowest BCUT2D eigenvalue weighted by atomic mass is 10.0. The van der Waals surface area contributed by atoms with Crippen LogP contribution in [-0.2, 0) is 0 Å². The normalized spacial score (nSPS) is 13.9. The van der Waals surface area contributed by atoms with E-state index in [4.69, 9.17) is 5.73 Å². The van der Waals surface area contributed by atoms with E-state index < -0.39 is 0 Å². The molecule has 1 aromatic heterocycles. The maximum Gasteiger partial charge on any atom is 0.0514 e. The molecule has 0 aliphatic heterocycles. The summed E-state index contributed by atoms with van der Waals surface area (Å²) >= 11 is 1.51. The molecule has 0 aliphatic rings. The van der Waals surface area contributed by atoms with Gasteiger partial charge in [0.25, 0.3) is 0 Å². The Kier molecular flexibility index (Phi) is 2.62. The molecule has 0 spiro atoms. The molecule has 0 bridgehead atoms. The van der Waals surface area contributed by atoms with E-state index in [2.05, 4.69) is 24.3 Å². The van der Waals surface area contributed by atoms with Gasteiger partial charge >= 0.3 is 0 Å². The molecule has 3 heteroatoms. The second kappa shape index (κ2) is 3.32. The summed E-state index contributed by atoms with van der Waals surface area (Å²) in [5, 5.41) is 0. The highest BCUT2D eigenvalue weighted by atomic mass is 32.1. The first kappa shape index (κ1) is 8.68. The van der Waals surface area contributed by atoms with E-state index in [1.54, 1.807) is 0 Å². The summed E-state index contributed by atoms with van der Waals surface area (Å²) in [6.45, 7) is 6.24. The Labute approximate surface area is 71.6 Å². The highest BCUT2D eigenvalue weighted by Crippen LogP contribution is 2.22. The number of aromatic nitrogens is 1. The van der Waals surface area contributed by atoms with E-state index in [0.29, 0.717) is 5.92 Å². The van der Waals surface area contributed by atoms with Crippen LogP contribution >= 0.6 is 11.5 Å². The third kappa shape index (κ3) is 2.01. The molecule has 2 N–H and O–H groups in total. The molecule has 2 nitrogen and oxygen atoms in total. The minimum absolute atomic E-state index is 0.154. The zero-order chi connectivity index (χ0) is 8.43. The molecule has 1 atom stereocenters. The standard InChI is InChI=1S/C8H14N2S/c1-5(2)8(9)7-4-6(3)10-11-7/h4-5,8H,9H2,1-3H3/t8-/m0/s1. The highest BCUT2D eigenvalue weighted by molar-refractivity contribution is 7.05. The summed E-state index contributed by atoms with van der Waals surface area (Å²) in [5.74, 6) is 0.495. The molecule has 1 heterocycles. The van der Waals surface area contributed by atoms with Crippen molar-refractivity contribution in [3.05, 3.63) is 16.6 Å². The van der Waals surface area contributed by atoms with Gasteiger partial charge in [0, 0.05) is 10.9 Å². The van der Waals surface area contributed by atoms with Crippen molar-refractivity contribution in [1.29, 1.82) is 0 Å². The molecule has 0 saturated carbocycles. The van der Waals surface area contributed by atoms with Crippen molar-refractivity contribution in [1.82, 2.24) is 4.37 Å². The van der Waals surface area contributed by atoms with E-state index in [1.807, 2.05) is 6.92 Å². The molecule has 62 valence electrons. The smallest absolute Gasteiger partial charge is 0.0514 e. The number of hydrogen-bond acceptors (Lipinski definition) is 3. The van der Waals surface area contributed by atoms with E-state index in [0.717, 1.165) is 5.69 Å². The predicted octanol–water partition coefficient (Wildman–Crippen LogP) is 2.11. The number of nitrogens with zero attached hydrogens (tertiary/aromatic N) is 1. The lowest BCUT2D eigenvalue weighted by molar-refractivity contribution is 0.521. The van der Waals surface area contributed by atoms with Crippen LogP contribution in [0.15, 0.2) is 6.07 Å². The number of aryl methyl sites for hydroxylation is 1. The Hall–Kier alpha value is -0.410. The van der Waals surface area contributed by atoms with E-state index in [1.165, 1.54) is 16.4 Å². The van der Waals surface area contributed by atoms with Gasteiger partial charge in [-0.1, -0.05) is 13.8 Å². The first-order valence-corrected chi connectivity index (χ1v) is 4.57. The summed E-state index contributed by atoms with van der Waals surface area (Å²) in [7, 11) is 0. The Morgan fingerprint density at radius 2 is 2.18 bits per heavy atom. The molecule has 0 amide bonds. The monoisotopic (exact) mass is 170 g/mol. The van der Waals surface area contributed by atoms with E-state index in [-0.39, 0.29) is 6.04 Å². The van der Waals surface area contributed by atoms with Crippen LogP contribution in [0.4, 0.5) is 0 Å². The zero-order valence-corrected chi connectivity index (χ0v) is 7.98. The largest absolute Gasteiger partial charge is 0.323 e. The lowest BCUT2D eigenvalue weighted by Gasteiger charge is -2.11. The zero-order valence-electron chi connectivity index (χ0n) is 7.16. The molecule has 0 fully saturated rings. The highest BCUT2D eigenvalue weighted by Gasteiger charge is 2.12. The third-order valence-electron chi connectivity index (χ3n) is 1.69. The molecule has 0 aromatic carbocycles. The van der Waals surface area contributed by atoms with Crippen LogP contribution in [0, 0.1) is 12.8 Å². The Morgan fingerprint density at radius 3 is 2.55 bits per heavy atom. The quantitative estimate of drug-likeness (QED) is 0.738. The average molecular weight is 170 g/mol. The number of nitrogens with two attached hydrogens (primary N) is 1. The van der Waals surface area contributed by atoms with Crippen molar-refractivity contribution in [3.63, 3.8) is 0 Å². The van der Waals surface area contributed by atoms with Crippen molar-refractivity contribution in [3.8, 4) is 0 Å². The summed E-state index contributed by atoms with van der Waals surface area (Å²) in [5.41, 5.74) is 6.99. The van der Waals surface area contributed by atoms with Crippen LogP contribution in [0.25, 0.3) is 0 Å². The van der Waals surface area contributed by atoms with Crippen LogP contribution in [0.3, 0.4) is 0 Å². The molecule has 1 aromatic rings. The fourth-order valence-corrected chi connectivity index (χ4v) is 1.79. The van der Waals surface area contributed by atoms with Crippen molar-refractivity contribution in [2.45, 2.75) is 26.8 Å².